The molecule has 4 nitrogen and oxygen atoms in total. The molecule has 1 aromatic carbocycles. The molecule has 0 saturated heterocycles. The first kappa shape index (κ1) is 14.2. The number of hydrogen-bond acceptors (Lipinski definition) is 3. The number of nitrogen functional groups attached to an aromatic ring is 1. The fourth-order valence-corrected chi connectivity index (χ4v) is 2.00. The molecule has 20 heavy (non-hydrogen) atoms. The van der Waals surface area contributed by atoms with Crippen molar-refractivity contribution in [3.8, 4) is 0 Å². The van der Waals surface area contributed by atoms with Crippen LogP contribution in [0, 0.1) is 5.41 Å². The number of amidine groups is 1. The Labute approximate surface area is 119 Å². The average Bonchev–Trinajstić information content (AvgIpc) is 2.48. The predicted octanol–water partition coefficient (Wildman–Crippen LogP) is 2.52. The van der Waals surface area contributed by atoms with Crippen LogP contribution < -0.4 is 5.73 Å². The third-order valence-corrected chi connectivity index (χ3v) is 3.00. The number of rotatable bonds is 7. The maximum Gasteiger partial charge on any atom is 0.142 e. The summed E-state index contributed by atoms with van der Waals surface area (Å²) in [6.45, 7) is 1.12. The van der Waals surface area contributed by atoms with Gasteiger partial charge in [-0.25, -0.2) is 0 Å². The van der Waals surface area contributed by atoms with Crippen LogP contribution in [0.15, 0.2) is 48.7 Å². The van der Waals surface area contributed by atoms with Gasteiger partial charge in [0.1, 0.15) is 11.5 Å². The number of nitrogens with zero attached hydrogens (tertiary/aromatic N) is 1. The highest BCUT2D eigenvalue weighted by Crippen LogP contribution is 2.07. The van der Waals surface area contributed by atoms with Crippen molar-refractivity contribution in [2.45, 2.75) is 19.4 Å². The normalized spacial score (nSPS) is 10.4. The average molecular weight is 269 g/mol. The zero-order valence-electron chi connectivity index (χ0n) is 11.4. The number of ether oxygens (including phenoxy) is 1. The van der Waals surface area contributed by atoms with Crippen LogP contribution in [0.5, 0.6) is 0 Å². The predicted molar refractivity (Wildman–Crippen MR) is 79.7 cm³/mol. The number of aryl methyl sites for hydroxylation is 1. The first-order chi connectivity index (χ1) is 9.77. The van der Waals surface area contributed by atoms with E-state index in [1.165, 1.54) is 5.56 Å². The van der Waals surface area contributed by atoms with Gasteiger partial charge >= 0.3 is 0 Å². The van der Waals surface area contributed by atoms with Crippen molar-refractivity contribution in [1.82, 2.24) is 4.98 Å². The monoisotopic (exact) mass is 269 g/mol. The van der Waals surface area contributed by atoms with Crippen LogP contribution in [0.4, 0.5) is 0 Å². The smallest absolute Gasteiger partial charge is 0.142 e. The van der Waals surface area contributed by atoms with E-state index < -0.39 is 0 Å². The Bertz CT molecular complexity index is 555. The Balaban J connectivity index is 1.75. The van der Waals surface area contributed by atoms with E-state index in [1.54, 1.807) is 6.20 Å². The van der Waals surface area contributed by atoms with Crippen LogP contribution in [0.1, 0.15) is 23.2 Å². The first-order valence-corrected chi connectivity index (χ1v) is 6.67. The summed E-state index contributed by atoms with van der Waals surface area (Å²) >= 11 is 0. The molecule has 1 heterocycles. The van der Waals surface area contributed by atoms with Gasteiger partial charge in [-0.2, -0.15) is 0 Å². The Kier molecular flexibility index (Phi) is 5.26. The maximum absolute atomic E-state index is 7.46. The second kappa shape index (κ2) is 7.40. The molecule has 0 bridgehead atoms. The molecule has 0 unspecified atom stereocenters. The Morgan fingerprint density at radius 2 is 1.95 bits per heavy atom. The molecule has 104 valence electrons. The second-order valence-electron chi connectivity index (χ2n) is 4.57. The van der Waals surface area contributed by atoms with Gasteiger partial charge in [-0.1, -0.05) is 36.4 Å². The van der Waals surface area contributed by atoms with Crippen molar-refractivity contribution in [1.29, 1.82) is 5.41 Å². The number of nitrogens with one attached hydrogen (secondary N) is 1. The van der Waals surface area contributed by atoms with E-state index >= 15 is 0 Å². The van der Waals surface area contributed by atoms with Gasteiger partial charge in [0, 0.05) is 18.4 Å². The number of benzene rings is 1. The second-order valence-corrected chi connectivity index (χ2v) is 4.57. The third-order valence-electron chi connectivity index (χ3n) is 3.00. The molecule has 0 saturated carbocycles. The van der Waals surface area contributed by atoms with Crippen LogP contribution in [-0.2, 0) is 17.8 Å². The van der Waals surface area contributed by atoms with Gasteiger partial charge in [-0.15, -0.1) is 0 Å². The van der Waals surface area contributed by atoms with Crippen molar-refractivity contribution in [2.24, 2.45) is 5.73 Å². The van der Waals surface area contributed by atoms with Crippen LogP contribution in [0.2, 0.25) is 0 Å². The summed E-state index contributed by atoms with van der Waals surface area (Å²) in [4.78, 5) is 4.10. The molecule has 0 spiro atoms. The molecule has 0 atom stereocenters. The lowest BCUT2D eigenvalue weighted by Gasteiger charge is -2.08. The molecule has 0 radical (unpaired) electrons. The Morgan fingerprint density at radius 3 is 2.70 bits per heavy atom. The molecule has 0 aliphatic rings. The van der Waals surface area contributed by atoms with Crippen molar-refractivity contribution in [2.75, 3.05) is 6.61 Å². The van der Waals surface area contributed by atoms with Gasteiger partial charge in [0.25, 0.3) is 0 Å². The highest BCUT2D eigenvalue weighted by Gasteiger charge is 2.05. The van der Waals surface area contributed by atoms with Gasteiger partial charge in [0.2, 0.25) is 0 Å². The summed E-state index contributed by atoms with van der Waals surface area (Å²) < 4.78 is 5.64. The molecular weight excluding hydrogens is 250 g/mol. The summed E-state index contributed by atoms with van der Waals surface area (Å²) in [5, 5.41) is 7.46. The zero-order valence-corrected chi connectivity index (χ0v) is 11.4. The topological polar surface area (TPSA) is 72.0 Å². The summed E-state index contributed by atoms with van der Waals surface area (Å²) in [5.41, 5.74) is 8.18. The first-order valence-electron chi connectivity index (χ1n) is 6.67. The molecular formula is C16H19N3O. The molecule has 0 amide bonds. The van der Waals surface area contributed by atoms with Gasteiger partial charge in [-0.05, 0) is 24.5 Å². The van der Waals surface area contributed by atoms with E-state index in [2.05, 4.69) is 17.1 Å². The van der Waals surface area contributed by atoms with Crippen LogP contribution in [-0.4, -0.2) is 17.4 Å². The Morgan fingerprint density at radius 1 is 1.15 bits per heavy atom. The summed E-state index contributed by atoms with van der Waals surface area (Å²) in [5.74, 6) is -0.0199. The molecule has 2 rings (SSSR count). The molecule has 4 heteroatoms. The van der Waals surface area contributed by atoms with E-state index in [1.807, 2.05) is 30.3 Å². The maximum atomic E-state index is 7.46. The van der Waals surface area contributed by atoms with Crippen LogP contribution in [0.25, 0.3) is 0 Å². The number of aromatic nitrogens is 1. The minimum Gasteiger partial charge on any atom is -0.382 e. The highest BCUT2D eigenvalue weighted by atomic mass is 16.5. The third kappa shape index (κ3) is 4.17. The fourth-order valence-electron chi connectivity index (χ4n) is 2.00. The van der Waals surface area contributed by atoms with E-state index in [-0.39, 0.29) is 5.84 Å². The fraction of sp³-hybridized carbons (Fsp3) is 0.250. The lowest BCUT2D eigenvalue weighted by atomic mass is 10.1. The number of hydrogen-bond donors (Lipinski definition) is 2. The van der Waals surface area contributed by atoms with E-state index in [9.17, 15) is 0 Å². The summed E-state index contributed by atoms with van der Waals surface area (Å²) in [6.07, 6.45) is 3.61. The van der Waals surface area contributed by atoms with Gasteiger partial charge in [0.05, 0.1) is 6.61 Å². The quantitative estimate of drug-likeness (QED) is 0.461. The molecule has 2 aromatic rings. The molecule has 0 aliphatic heterocycles. The molecule has 0 fully saturated rings. The SMILES string of the molecule is N=C(N)c1ncccc1COCCCc1ccccc1. The van der Waals surface area contributed by atoms with Gasteiger partial charge in [-0.3, -0.25) is 10.4 Å². The summed E-state index contributed by atoms with van der Waals surface area (Å²) in [6, 6.07) is 14.1. The van der Waals surface area contributed by atoms with Crippen LogP contribution in [0.3, 0.4) is 0 Å². The largest absolute Gasteiger partial charge is 0.382 e. The van der Waals surface area contributed by atoms with Crippen molar-refractivity contribution in [3.05, 3.63) is 65.5 Å². The van der Waals surface area contributed by atoms with Gasteiger partial charge in [0.15, 0.2) is 0 Å². The van der Waals surface area contributed by atoms with Crippen LogP contribution >= 0.6 is 0 Å². The summed E-state index contributed by atoms with van der Waals surface area (Å²) in [7, 11) is 0. The molecule has 1 aromatic heterocycles. The van der Waals surface area contributed by atoms with Crippen molar-refractivity contribution < 1.29 is 4.74 Å². The minimum absolute atomic E-state index is 0.0199. The van der Waals surface area contributed by atoms with Crippen molar-refractivity contribution >= 4 is 5.84 Å². The zero-order chi connectivity index (χ0) is 14.2. The standard InChI is InChI=1S/C16H19N3O/c17-16(18)15-14(9-4-10-19-15)12-20-11-5-8-13-6-2-1-3-7-13/h1-4,6-7,9-10H,5,8,11-12H2,(H3,17,18). The van der Waals surface area contributed by atoms with E-state index in [0.717, 1.165) is 18.4 Å². The van der Waals surface area contributed by atoms with Crippen molar-refractivity contribution in [3.63, 3.8) is 0 Å². The lowest BCUT2D eigenvalue weighted by Crippen LogP contribution is -2.16. The van der Waals surface area contributed by atoms with E-state index in [4.69, 9.17) is 15.9 Å². The van der Waals surface area contributed by atoms with E-state index in [0.29, 0.717) is 18.9 Å². The minimum atomic E-state index is -0.0199. The van der Waals surface area contributed by atoms with Gasteiger partial charge < -0.3 is 10.5 Å². The highest BCUT2D eigenvalue weighted by molar-refractivity contribution is 5.94. The Hall–Kier alpha value is -2.20. The number of pyridine rings is 1. The lowest BCUT2D eigenvalue weighted by molar-refractivity contribution is 0.118. The number of nitrogens with two attached hydrogens (primary N) is 1. The molecule has 3 N–H and O–H groups in total. The molecule has 0 aliphatic carbocycles.